The van der Waals surface area contributed by atoms with Crippen LogP contribution in [0.25, 0.3) is 0 Å². The summed E-state index contributed by atoms with van der Waals surface area (Å²) in [6.45, 7) is 1.56. The first-order chi connectivity index (χ1) is 14.4. The molecule has 0 saturated heterocycles. The summed E-state index contributed by atoms with van der Waals surface area (Å²) >= 11 is 0. The highest BCUT2D eigenvalue weighted by Gasteiger charge is 2.51. The van der Waals surface area contributed by atoms with Crippen molar-refractivity contribution in [1.29, 1.82) is 0 Å². The monoisotopic (exact) mass is 400 g/mol. The fourth-order valence-corrected chi connectivity index (χ4v) is 4.42. The fourth-order valence-electron chi connectivity index (χ4n) is 4.42. The van der Waals surface area contributed by atoms with Crippen LogP contribution in [0.1, 0.15) is 23.6 Å². The Morgan fingerprint density at radius 1 is 0.800 bits per heavy atom. The molecule has 0 bridgehead atoms. The average Bonchev–Trinajstić information content (AvgIpc) is 2.76. The molecule has 1 aliphatic rings. The van der Waals surface area contributed by atoms with Crippen molar-refractivity contribution in [3.05, 3.63) is 119 Å². The Balaban J connectivity index is 2.20. The highest BCUT2D eigenvalue weighted by molar-refractivity contribution is 5.66. The molecule has 2 unspecified atom stereocenters. The Bertz CT molecular complexity index is 1060. The molecule has 4 N–H and O–H groups in total. The lowest BCUT2D eigenvalue weighted by molar-refractivity contribution is -0.0163. The van der Waals surface area contributed by atoms with Crippen LogP contribution in [0.15, 0.2) is 103 Å². The van der Waals surface area contributed by atoms with Crippen molar-refractivity contribution >= 4 is 0 Å². The molecule has 0 amide bonds. The van der Waals surface area contributed by atoms with E-state index in [1.165, 1.54) is 12.1 Å². The van der Waals surface area contributed by atoms with E-state index in [1.54, 1.807) is 31.2 Å². The van der Waals surface area contributed by atoms with E-state index < -0.39 is 17.1 Å². The van der Waals surface area contributed by atoms with Crippen molar-refractivity contribution in [2.45, 2.75) is 24.0 Å². The molecule has 2 atom stereocenters. The van der Waals surface area contributed by atoms with Crippen LogP contribution in [0.4, 0.5) is 0 Å². The van der Waals surface area contributed by atoms with Gasteiger partial charge in [-0.1, -0.05) is 91.0 Å². The summed E-state index contributed by atoms with van der Waals surface area (Å²) in [6, 6.07) is 23.8. The quantitative estimate of drug-likeness (QED) is 0.394. The van der Waals surface area contributed by atoms with Gasteiger partial charge in [0.1, 0.15) is 11.7 Å². The number of allylic oxidation sites excluding steroid dienone is 2. The van der Waals surface area contributed by atoms with Gasteiger partial charge in [0, 0.05) is 5.56 Å². The van der Waals surface area contributed by atoms with Crippen LogP contribution in [0.2, 0.25) is 0 Å². The number of hydrogen-bond acceptors (Lipinski definition) is 4. The number of phenolic OH excluding ortho intramolecular Hbond substituents is 2. The van der Waals surface area contributed by atoms with E-state index in [-0.39, 0.29) is 11.5 Å². The van der Waals surface area contributed by atoms with E-state index in [4.69, 9.17) is 0 Å². The van der Waals surface area contributed by atoms with E-state index in [2.05, 4.69) is 0 Å². The topological polar surface area (TPSA) is 80.9 Å². The van der Waals surface area contributed by atoms with Crippen LogP contribution in [-0.2, 0) is 5.41 Å². The van der Waals surface area contributed by atoms with Crippen molar-refractivity contribution in [1.82, 2.24) is 0 Å². The first-order valence-corrected chi connectivity index (χ1v) is 9.82. The van der Waals surface area contributed by atoms with Crippen molar-refractivity contribution in [3.8, 4) is 11.5 Å². The highest BCUT2D eigenvalue weighted by atomic mass is 16.3. The Morgan fingerprint density at radius 2 is 1.37 bits per heavy atom. The van der Waals surface area contributed by atoms with Gasteiger partial charge in [-0.15, -0.1) is 0 Å². The fraction of sp³-hybridized carbons (Fsp3) is 0.154. The summed E-state index contributed by atoms with van der Waals surface area (Å²) in [4.78, 5) is 0. The predicted octanol–water partition coefficient (Wildman–Crippen LogP) is 4.04. The van der Waals surface area contributed by atoms with Crippen LogP contribution in [0.5, 0.6) is 11.5 Å². The number of benzene rings is 3. The third-order valence-electron chi connectivity index (χ3n) is 5.91. The molecule has 3 aromatic rings. The van der Waals surface area contributed by atoms with Gasteiger partial charge in [-0.05, 0) is 29.7 Å². The number of phenols is 2. The second-order valence-corrected chi connectivity index (χ2v) is 7.71. The van der Waals surface area contributed by atoms with Gasteiger partial charge in [0.25, 0.3) is 0 Å². The molecular formula is C26H24O4. The Labute approximate surface area is 175 Å². The zero-order valence-electron chi connectivity index (χ0n) is 16.6. The molecule has 3 aromatic carbocycles. The maximum atomic E-state index is 11.5. The summed E-state index contributed by atoms with van der Waals surface area (Å²) < 4.78 is 0. The number of hydrogen-bond donors (Lipinski definition) is 4. The third-order valence-corrected chi connectivity index (χ3v) is 5.91. The molecule has 0 radical (unpaired) electrons. The van der Waals surface area contributed by atoms with Crippen molar-refractivity contribution in [2.75, 3.05) is 0 Å². The number of para-hydroxylation sites is 1. The summed E-state index contributed by atoms with van der Waals surface area (Å²) in [5, 5.41) is 43.4. The molecule has 0 saturated carbocycles. The van der Waals surface area contributed by atoms with Crippen LogP contribution in [-0.4, -0.2) is 32.1 Å². The van der Waals surface area contributed by atoms with Gasteiger partial charge in [-0.2, -0.15) is 0 Å². The second kappa shape index (κ2) is 7.48. The molecule has 0 aliphatic heterocycles. The maximum Gasteiger partial charge on any atom is 0.162 e. The molecule has 4 rings (SSSR count). The zero-order chi connectivity index (χ0) is 21.4. The molecule has 0 fully saturated rings. The van der Waals surface area contributed by atoms with Gasteiger partial charge in [-0.3, -0.25) is 0 Å². The second-order valence-electron chi connectivity index (χ2n) is 7.71. The Kier molecular flexibility index (Phi) is 4.98. The van der Waals surface area contributed by atoms with E-state index in [0.717, 1.165) is 11.1 Å². The molecule has 0 heterocycles. The summed E-state index contributed by atoms with van der Waals surface area (Å²) in [6.07, 6.45) is 3.88. The smallest absolute Gasteiger partial charge is 0.162 e. The van der Waals surface area contributed by atoms with Crippen LogP contribution in [0, 0.1) is 0 Å². The Morgan fingerprint density at radius 3 is 1.93 bits per heavy atom. The maximum absolute atomic E-state index is 11.5. The third kappa shape index (κ3) is 2.93. The van der Waals surface area contributed by atoms with Gasteiger partial charge < -0.3 is 20.4 Å². The van der Waals surface area contributed by atoms with E-state index in [9.17, 15) is 20.4 Å². The van der Waals surface area contributed by atoms with Gasteiger partial charge >= 0.3 is 0 Å². The van der Waals surface area contributed by atoms with Crippen molar-refractivity contribution in [2.24, 2.45) is 0 Å². The zero-order valence-corrected chi connectivity index (χ0v) is 16.6. The lowest BCUT2D eigenvalue weighted by atomic mass is 9.59. The first-order valence-electron chi connectivity index (χ1n) is 9.82. The van der Waals surface area contributed by atoms with E-state index in [0.29, 0.717) is 11.1 Å². The molecule has 30 heavy (non-hydrogen) atoms. The molecule has 0 spiro atoms. The molecule has 1 aliphatic carbocycles. The molecular weight excluding hydrogens is 376 g/mol. The predicted molar refractivity (Wildman–Crippen MR) is 116 cm³/mol. The SMILES string of the molecule is CC1(O)C(C(c2ccccc2)(c2ccccc2)c2cccc(O)c2O)=CC=CC1O. The van der Waals surface area contributed by atoms with Gasteiger partial charge in [0.05, 0.1) is 5.41 Å². The van der Waals surface area contributed by atoms with Crippen LogP contribution in [0.3, 0.4) is 0 Å². The number of aliphatic hydroxyl groups excluding tert-OH is 1. The lowest BCUT2D eigenvalue weighted by Gasteiger charge is -2.46. The van der Waals surface area contributed by atoms with Gasteiger partial charge in [-0.25, -0.2) is 0 Å². The van der Waals surface area contributed by atoms with Crippen molar-refractivity contribution in [3.63, 3.8) is 0 Å². The van der Waals surface area contributed by atoms with Gasteiger partial charge in [0.15, 0.2) is 11.5 Å². The minimum absolute atomic E-state index is 0.254. The van der Waals surface area contributed by atoms with Gasteiger partial charge in [0.2, 0.25) is 0 Å². The highest BCUT2D eigenvalue weighted by Crippen LogP contribution is 2.53. The molecule has 152 valence electrons. The minimum Gasteiger partial charge on any atom is -0.504 e. The van der Waals surface area contributed by atoms with E-state index in [1.807, 2.05) is 60.7 Å². The number of rotatable bonds is 4. The normalized spacial score (nSPS) is 21.3. The lowest BCUT2D eigenvalue weighted by Crippen LogP contribution is -2.50. The molecule has 0 aromatic heterocycles. The van der Waals surface area contributed by atoms with Crippen LogP contribution < -0.4 is 0 Å². The van der Waals surface area contributed by atoms with Crippen molar-refractivity contribution < 1.29 is 20.4 Å². The average molecular weight is 400 g/mol. The standard InChI is InChI=1S/C26H24O4/c1-25(30)22(16-9-17-23(25)28)26(18-10-4-2-5-11-18,19-12-6-3-7-13-19)20-14-8-15-21(27)24(20)29/h2-17,23,27-30H,1H3. The minimum atomic E-state index is -1.63. The Hall–Kier alpha value is -3.34. The van der Waals surface area contributed by atoms with Crippen LogP contribution >= 0.6 is 0 Å². The molecule has 4 heteroatoms. The number of aromatic hydroxyl groups is 2. The summed E-state index contributed by atoms with van der Waals surface area (Å²) in [7, 11) is 0. The molecule has 4 nitrogen and oxygen atoms in total. The first kappa shape index (κ1) is 20.0. The largest absolute Gasteiger partial charge is 0.504 e. The van der Waals surface area contributed by atoms with E-state index >= 15 is 0 Å². The summed E-state index contributed by atoms with van der Waals surface area (Å²) in [5.41, 5.74) is -0.326. The summed E-state index contributed by atoms with van der Waals surface area (Å²) in [5.74, 6) is -0.526. The number of aliphatic hydroxyl groups is 2.